The predicted molar refractivity (Wildman–Crippen MR) is 110 cm³/mol. The number of nitrogens with one attached hydrogen (secondary N) is 1. The van der Waals surface area contributed by atoms with Crippen molar-refractivity contribution in [1.82, 2.24) is 15.2 Å². The van der Waals surface area contributed by atoms with Crippen LogP contribution >= 0.6 is 0 Å². The molecule has 1 atom stereocenters. The summed E-state index contributed by atoms with van der Waals surface area (Å²) in [4.78, 5) is 19.6. The number of hydrogen-bond donors (Lipinski definition) is 1. The number of likely N-dealkylation sites (tertiary alicyclic amines) is 1. The largest absolute Gasteiger partial charge is 0.441 e. The molecule has 1 aliphatic rings. The molecular weight excluding hydrogens is 370 g/mol. The number of nitrogens with zero attached hydrogens (tertiary/aromatic N) is 2. The van der Waals surface area contributed by atoms with Crippen molar-refractivity contribution in [2.75, 3.05) is 33.9 Å². The smallest absolute Gasteiger partial charge is 0.226 e. The third kappa shape index (κ3) is 5.44. The van der Waals surface area contributed by atoms with E-state index in [0.29, 0.717) is 25.5 Å². The number of methoxy groups -OCH3 is 2. The van der Waals surface area contributed by atoms with Gasteiger partial charge in [0.05, 0.1) is 18.2 Å². The Bertz CT molecular complexity index is 816. The van der Waals surface area contributed by atoms with Gasteiger partial charge in [0, 0.05) is 32.9 Å². The zero-order valence-electron chi connectivity index (χ0n) is 17.7. The molecule has 2 heterocycles. The lowest BCUT2D eigenvalue weighted by Gasteiger charge is -2.31. The summed E-state index contributed by atoms with van der Waals surface area (Å²) in [5, 5.41) is 2.93. The first-order valence-corrected chi connectivity index (χ1v) is 10.1. The molecule has 0 spiro atoms. The second kappa shape index (κ2) is 10.0. The van der Waals surface area contributed by atoms with Gasteiger partial charge < -0.3 is 19.2 Å². The molecule has 0 aliphatic carbocycles. The van der Waals surface area contributed by atoms with E-state index in [1.54, 1.807) is 14.2 Å². The van der Waals surface area contributed by atoms with Crippen molar-refractivity contribution >= 4 is 5.91 Å². The summed E-state index contributed by atoms with van der Waals surface area (Å²) in [6.45, 7) is 6.71. The van der Waals surface area contributed by atoms with Crippen LogP contribution in [0.1, 0.15) is 29.9 Å². The number of benzene rings is 1. The molecule has 0 bridgehead atoms. The van der Waals surface area contributed by atoms with Crippen LogP contribution < -0.4 is 5.32 Å². The van der Waals surface area contributed by atoms with Crippen molar-refractivity contribution in [1.29, 1.82) is 0 Å². The first kappa shape index (κ1) is 21.5. The van der Waals surface area contributed by atoms with E-state index in [4.69, 9.17) is 18.9 Å². The van der Waals surface area contributed by atoms with Gasteiger partial charge in [-0.15, -0.1) is 0 Å². The highest BCUT2D eigenvalue weighted by atomic mass is 16.7. The monoisotopic (exact) mass is 401 g/mol. The van der Waals surface area contributed by atoms with Gasteiger partial charge in [-0.3, -0.25) is 9.69 Å². The van der Waals surface area contributed by atoms with Crippen LogP contribution in [0.5, 0.6) is 0 Å². The molecule has 0 unspecified atom stereocenters. The molecule has 158 valence electrons. The summed E-state index contributed by atoms with van der Waals surface area (Å²) < 4.78 is 16.2. The van der Waals surface area contributed by atoms with E-state index in [2.05, 4.69) is 23.2 Å². The van der Waals surface area contributed by atoms with Gasteiger partial charge in [-0.2, -0.15) is 0 Å². The average Bonchev–Trinajstić information content (AvgIpc) is 3.09. The van der Waals surface area contributed by atoms with Crippen LogP contribution in [0.2, 0.25) is 0 Å². The van der Waals surface area contributed by atoms with Crippen LogP contribution in [0, 0.1) is 19.8 Å². The highest BCUT2D eigenvalue weighted by Gasteiger charge is 2.27. The third-order valence-electron chi connectivity index (χ3n) is 5.49. The maximum atomic E-state index is 12.5. The van der Waals surface area contributed by atoms with Crippen molar-refractivity contribution in [2.45, 2.75) is 39.5 Å². The van der Waals surface area contributed by atoms with E-state index >= 15 is 0 Å². The van der Waals surface area contributed by atoms with Gasteiger partial charge in [0.15, 0.2) is 6.29 Å². The summed E-state index contributed by atoms with van der Waals surface area (Å²) in [6, 6.07) is 8.09. The molecule has 29 heavy (non-hydrogen) atoms. The molecule has 1 fully saturated rings. The minimum atomic E-state index is -0.420. The van der Waals surface area contributed by atoms with Crippen molar-refractivity contribution < 1.29 is 18.7 Å². The number of carbonyl (C=O) groups excluding carboxylic acids is 1. The summed E-state index contributed by atoms with van der Waals surface area (Å²) >= 11 is 0. The average molecular weight is 402 g/mol. The summed E-state index contributed by atoms with van der Waals surface area (Å²) in [6.07, 6.45) is 1.45. The molecule has 1 amide bonds. The molecule has 1 aromatic carbocycles. The van der Waals surface area contributed by atoms with E-state index in [-0.39, 0.29) is 11.8 Å². The Balaban J connectivity index is 1.61. The second-order valence-electron chi connectivity index (χ2n) is 7.56. The topological polar surface area (TPSA) is 76.8 Å². The molecule has 1 aromatic heterocycles. The van der Waals surface area contributed by atoms with Crippen molar-refractivity contribution in [2.24, 2.45) is 5.92 Å². The summed E-state index contributed by atoms with van der Waals surface area (Å²) in [5.41, 5.74) is 3.09. The Morgan fingerprint density at radius 2 is 2.07 bits per heavy atom. The van der Waals surface area contributed by atoms with Gasteiger partial charge in [0.2, 0.25) is 11.8 Å². The SMILES string of the molecule is COC(CNC(=O)[C@@H]1CCCN(Cc2nc(-c3ccccc3C)oc2C)C1)OC. The molecule has 7 heteroatoms. The van der Waals surface area contributed by atoms with Crippen molar-refractivity contribution in [3.8, 4) is 11.5 Å². The minimum absolute atomic E-state index is 0.0406. The number of aromatic nitrogens is 1. The summed E-state index contributed by atoms with van der Waals surface area (Å²) in [7, 11) is 3.13. The van der Waals surface area contributed by atoms with Gasteiger partial charge >= 0.3 is 0 Å². The Kier molecular flexibility index (Phi) is 7.41. The Hall–Kier alpha value is -2.22. The van der Waals surface area contributed by atoms with Crippen LogP contribution in [-0.2, 0) is 20.8 Å². The molecule has 1 N–H and O–H groups in total. The van der Waals surface area contributed by atoms with E-state index in [1.165, 1.54) is 0 Å². The zero-order chi connectivity index (χ0) is 20.8. The fourth-order valence-corrected chi connectivity index (χ4v) is 3.72. The predicted octanol–water partition coefficient (Wildman–Crippen LogP) is 2.91. The number of rotatable bonds is 8. The maximum Gasteiger partial charge on any atom is 0.226 e. The lowest BCUT2D eigenvalue weighted by molar-refractivity contribution is -0.132. The number of oxazole rings is 1. The van der Waals surface area contributed by atoms with Gasteiger partial charge in [0.25, 0.3) is 0 Å². The Morgan fingerprint density at radius 3 is 2.79 bits per heavy atom. The molecule has 0 radical (unpaired) electrons. The molecule has 3 rings (SSSR count). The zero-order valence-corrected chi connectivity index (χ0v) is 17.7. The van der Waals surface area contributed by atoms with E-state index in [1.807, 2.05) is 25.1 Å². The molecular formula is C22H31N3O4. The van der Waals surface area contributed by atoms with Gasteiger partial charge in [0.1, 0.15) is 5.76 Å². The van der Waals surface area contributed by atoms with Gasteiger partial charge in [-0.25, -0.2) is 4.98 Å². The highest BCUT2D eigenvalue weighted by molar-refractivity contribution is 5.79. The summed E-state index contributed by atoms with van der Waals surface area (Å²) in [5.74, 6) is 1.50. The lowest BCUT2D eigenvalue weighted by atomic mass is 9.97. The molecule has 1 saturated heterocycles. The number of hydrogen-bond acceptors (Lipinski definition) is 6. The minimum Gasteiger partial charge on any atom is -0.441 e. The van der Waals surface area contributed by atoms with Crippen LogP contribution in [0.25, 0.3) is 11.5 Å². The number of aryl methyl sites for hydroxylation is 2. The van der Waals surface area contributed by atoms with Crippen molar-refractivity contribution in [3.05, 3.63) is 41.3 Å². The van der Waals surface area contributed by atoms with Crippen molar-refractivity contribution in [3.63, 3.8) is 0 Å². The Morgan fingerprint density at radius 1 is 1.31 bits per heavy atom. The van der Waals surface area contributed by atoms with Crippen LogP contribution in [0.3, 0.4) is 0 Å². The normalized spacial score (nSPS) is 17.6. The van der Waals surface area contributed by atoms with E-state index in [9.17, 15) is 4.79 Å². The number of ether oxygens (including phenoxy) is 2. The maximum absolute atomic E-state index is 12.5. The standard InChI is InChI=1S/C22H31N3O4/c1-15-8-5-6-10-18(15)22-24-19(16(2)29-22)14-25-11-7-9-17(13-25)21(26)23-12-20(27-3)28-4/h5-6,8,10,17,20H,7,9,11-14H2,1-4H3,(H,23,26)/t17-/m1/s1. The van der Waals surface area contributed by atoms with E-state index < -0.39 is 6.29 Å². The molecule has 0 saturated carbocycles. The molecule has 1 aliphatic heterocycles. The quantitative estimate of drug-likeness (QED) is 0.686. The molecule has 2 aromatic rings. The lowest BCUT2D eigenvalue weighted by Crippen LogP contribution is -2.44. The highest BCUT2D eigenvalue weighted by Crippen LogP contribution is 2.26. The first-order valence-electron chi connectivity index (χ1n) is 10.1. The van der Waals surface area contributed by atoms with Gasteiger partial charge in [-0.05, 0) is 44.9 Å². The van der Waals surface area contributed by atoms with Crippen LogP contribution in [0.15, 0.2) is 28.7 Å². The molecule has 7 nitrogen and oxygen atoms in total. The first-order chi connectivity index (χ1) is 14.0. The van der Waals surface area contributed by atoms with E-state index in [0.717, 1.165) is 42.0 Å². The second-order valence-corrected chi connectivity index (χ2v) is 7.56. The fourth-order valence-electron chi connectivity index (χ4n) is 3.72. The van der Waals surface area contributed by atoms with Crippen LogP contribution in [-0.4, -0.2) is 55.9 Å². The Labute approximate surface area is 172 Å². The van der Waals surface area contributed by atoms with Gasteiger partial charge in [-0.1, -0.05) is 18.2 Å². The third-order valence-corrected chi connectivity index (χ3v) is 5.49. The number of carbonyl (C=O) groups is 1. The number of piperidine rings is 1. The van der Waals surface area contributed by atoms with Crippen LogP contribution in [0.4, 0.5) is 0 Å². The number of amides is 1. The fraction of sp³-hybridized carbons (Fsp3) is 0.545.